The first-order valence-electron chi connectivity index (χ1n) is 8.65. The summed E-state index contributed by atoms with van der Waals surface area (Å²) in [5, 5.41) is 11.8. The Labute approximate surface area is 153 Å². The number of hydrogen-bond donors (Lipinski definition) is 2. The summed E-state index contributed by atoms with van der Waals surface area (Å²) in [5.74, 6) is 1.29. The minimum atomic E-state index is -1.04. The summed E-state index contributed by atoms with van der Waals surface area (Å²) >= 11 is 0. The molecule has 0 saturated heterocycles. The van der Waals surface area contributed by atoms with E-state index in [2.05, 4.69) is 10.3 Å². The van der Waals surface area contributed by atoms with Crippen molar-refractivity contribution in [3.63, 3.8) is 0 Å². The van der Waals surface area contributed by atoms with Crippen molar-refractivity contribution in [2.24, 2.45) is 5.41 Å². The zero-order valence-electron chi connectivity index (χ0n) is 15.4. The third-order valence-electron chi connectivity index (χ3n) is 4.40. The SMILES string of the molecule is CC(C)Oc1ccc(-c2ccc3c(c2)OCC(C)(C)C3NC(=O)O)cn1. The van der Waals surface area contributed by atoms with E-state index in [1.54, 1.807) is 6.20 Å². The zero-order chi connectivity index (χ0) is 18.9. The monoisotopic (exact) mass is 356 g/mol. The molecule has 1 aliphatic rings. The Morgan fingerprint density at radius 3 is 2.65 bits per heavy atom. The van der Waals surface area contributed by atoms with E-state index in [9.17, 15) is 9.90 Å². The van der Waals surface area contributed by atoms with Crippen LogP contribution in [0.1, 0.15) is 39.3 Å². The predicted molar refractivity (Wildman–Crippen MR) is 98.6 cm³/mol. The largest absolute Gasteiger partial charge is 0.493 e. The second-order valence-corrected chi connectivity index (χ2v) is 7.46. The molecule has 0 bridgehead atoms. The minimum absolute atomic E-state index is 0.0764. The number of rotatable bonds is 4. The van der Waals surface area contributed by atoms with Crippen LogP contribution < -0.4 is 14.8 Å². The van der Waals surface area contributed by atoms with Gasteiger partial charge in [0.25, 0.3) is 0 Å². The van der Waals surface area contributed by atoms with Crippen molar-refractivity contribution in [2.45, 2.75) is 39.8 Å². The van der Waals surface area contributed by atoms with Gasteiger partial charge in [-0.1, -0.05) is 26.0 Å². The molecule has 6 heteroatoms. The van der Waals surface area contributed by atoms with E-state index in [4.69, 9.17) is 9.47 Å². The van der Waals surface area contributed by atoms with E-state index < -0.39 is 6.09 Å². The van der Waals surface area contributed by atoms with Crippen LogP contribution in [0.15, 0.2) is 36.5 Å². The molecule has 2 aromatic rings. The summed E-state index contributed by atoms with van der Waals surface area (Å²) in [6.45, 7) is 8.33. The average molecular weight is 356 g/mol. The van der Waals surface area contributed by atoms with Crippen LogP contribution in [0.3, 0.4) is 0 Å². The van der Waals surface area contributed by atoms with E-state index >= 15 is 0 Å². The molecule has 1 unspecified atom stereocenters. The van der Waals surface area contributed by atoms with Gasteiger partial charge in [-0.25, -0.2) is 9.78 Å². The van der Waals surface area contributed by atoms with Crippen molar-refractivity contribution in [3.8, 4) is 22.8 Å². The molecule has 138 valence electrons. The smallest absolute Gasteiger partial charge is 0.405 e. The van der Waals surface area contributed by atoms with Crippen LogP contribution in [-0.2, 0) is 0 Å². The van der Waals surface area contributed by atoms with Gasteiger partial charge in [0.1, 0.15) is 5.75 Å². The summed E-state index contributed by atoms with van der Waals surface area (Å²) in [5.41, 5.74) is 2.42. The van der Waals surface area contributed by atoms with E-state index in [1.165, 1.54) is 0 Å². The van der Waals surface area contributed by atoms with Crippen molar-refractivity contribution in [1.29, 1.82) is 0 Å². The molecule has 6 nitrogen and oxygen atoms in total. The van der Waals surface area contributed by atoms with Crippen LogP contribution in [0.25, 0.3) is 11.1 Å². The fraction of sp³-hybridized carbons (Fsp3) is 0.400. The van der Waals surface area contributed by atoms with E-state index in [0.717, 1.165) is 16.7 Å². The van der Waals surface area contributed by atoms with Gasteiger partial charge in [-0.3, -0.25) is 0 Å². The molecule has 3 rings (SSSR count). The number of carboxylic acid groups (broad SMARTS) is 1. The van der Waals surface area contributed by atoms with Gasteiger partial charge in [0.2, 0.25) is 5.88 Å². The molecular formula is C20H24N2O4. The summed E-state index contributed by atoms with van der Waals surface area (Å²) in [7, 11) is 0. The predicted octanol–water partition coefficient (Wildman–Crippen LogP) is 4.26. The van der Waals surface area contributed by atoms with Crippen molar-refractivity contribution in [2.75, 3.05) is 6.61 Å². The molecule has 0 saturated carbocycles. The lowest BCUT2D eigenvalue weighted by Crippen LogP contribution is -2.43. The second-order valence-electron chi connectivity index (χ2n) is 7.46. The maximum absolute atomic E-state index is 11.2. The number of hydrogen-bond acceptors (Lipinski definition) is 4. The number of ether oxygens (including phenoxy) is 2. The molecule has 1 atom stereocenters. The number of aromatic nitrogens is 1. The van der Waals surface area contributed by atoms with Crippen LogP contribution in [0.4, 0.5) is 4.79 Å². The number of fused-ring (bicyclic) bond motifs is 1. The molecule has 1 aromatic carbocycles. The molecule has 26 heavy (non-hydrogen) atoms. The Morgan fingerprint density at radius 1 is 1.31 bits per heavy atom. The average Bonchev–Trinajstić information content (AvgIpc) is 2.57. The second kappa shape index (κ2) is 6.86. The standard InChI is InChI=1S/C20H24N2O4/c1-12(2)26-17-8-6-14(10-21-17)13-5-7-15-16(9-13)25-11-20(3,4)18(15)22-19(23)24/h5-10,12,18,22H,11H2,1-4H3,(H,23,24). The first-order valence-corrected chi connectivity index (χ1v) is 8.65. The van der Waals surface area contributed by atoms with Gasteiger partial charge in [-0.05, 0) is 31.5 Å². The molecular weight excluding hydrogens is 332 g/mol. The topological polar surface area (TPSA) is 80.7 Å². The highest BCUT2D eigenvalue weighted by molar-refractivity contribution is 5.68. The normalized spacial score (nSPS) is 18.0. The Balaban J connectivity index is 1.90. The lowest BCUT2D eigenvalue weighted by molar-refractivity contribution is 0.0996. The van der Waals surface area contributed by atoms with Crippen LogP contribution in [0.5, 0.6) is 11.6 Å². The van der Waals surface area contributed by atoms with Gasteiger partial charge in [0.05, 0.1) is 18.8 Å². The van der Waals surface area contributed by atoms with E-state index in [0.29, 0.717) is 18.2 Å². The Kier molecular flexibility index (Phi) is 4.76. The number of pyridine rings is 1. The van der Waals surface area contributed by atoms with Crippen molar-refractivity contribution < 1.29 is 19.4 Å². The van der Waals surface area contributed by atoms with Crippen LogP contribution in [0.2, 0.25) is 0 Å². The number of benzene rings is 1. The van der Waals surface area contributed by atoms with E-state index in [-0.39, 0.29) is 17.6 Å². The van der Waals surface area contributed by atoms with E-state index in [1.807, 2.05) is 58.0 Å². The van der Waals surface area contributed by atoms with Crippen LogP contribution in [0, 0.1) is 5.41 Å². The highest BCUT2D eigenvalue weighted by atomic mass is 16.5. The summed E-state index contributed by atoms with van der Waals surface area (Å²) < 4.78 is 11.5. The number of nitrogens with one attached hydrogen (secondary N) is 1. The zero-order valence-corrected chi connectivity index (χ0v) is 15.4. The lowest BCUT2D eigenvalue weighted by Gasteiger charge is -2.39. The molecule has 1 amide bonds. The number of nitrogens with zero attached hydrogens (tertiary/aromatic N) is 1. The summed E-state index contributed by atoms with van der Waals surface area (Å²) in [6.07, 6.45) is 0.802. The van der Waals surface area contributed by atoms with Gasteiger partial charge >= 0.3 is 6.09 Å². The maximum Gasteiger partial charge on any atom is 0.405 e. The van der Waals surface area contributed by atoms with Gasteiger partial charge < -0.3 is 19.9 Å². The fourth-order valence-electron chi connectivity index (χ4n) is 3.10. The van der Waals surface area contributed by atoms with Crippen molar-refractivity contribution in [3.05, 3.63) is 42.1 Å². The molecule has 0 aliphatic carbocycles. The quantitative estimate of drug-likeness (QED) is 0.855. The van der Waals surface area contributed by atoms with Crippen LogP contribution in [-0.4, -0.2) is 28.9 Å². The van der Waals surface area contributed by atoms with Crippen molar-refractivity contribution in [1.82, 2.24) is 10.3 Å². The molecule has 0 radical (unpaired) electrons. The van der Waals surface area contributed by atoms with Gasteiger partial charge in [-0.15, -0.1) is 0 Å². The first-order chi connectivity index (χ1) is 12.3. The number of amides is 1. The van der Waals surface area contributed by atoms with Crippen molar-refractivity contribution >= 4 is 6.09 Å². The van der Waals surface area contributed by atoms with Gasteiger partial charge in [0.15, 0.2) is 0 Å². The Bertz CT molecular complexity index is 800. The molecule has 0 spiro atoms. The number of carbonyl (C=O) groups is 1. The van der Waals surface area contributed by atoms with Gasteiger partial charge in [-0.2, -0.15) is 0 Å². The third kappa shape index (κ3) is 3.74. The molecule has 1 aromatic heterocycles. The lowest BCUT2D eigenvalue weighted by atomic mass is 9.78. The minimum Gasteiger partial charge on any atom is -0.493 e. The molecule has 0 fully saturated rings. The molecule has 2 N–H and O–H groups in total. The maximum atomic E-state index is 11.2. The van der Waals surface area contributed by atoms with Gasteiger partial charge in [0, 0.05) is 28.8 Å². The summed E-state index contributed by atoms with van der Waals surface area (Å²) in [6, 6.07) is 9.28. The highest BCUT2D eigenvalue weighted by Gasteiger charge is 2.38. The summed E-state index contributed by atoms with van der Waals surface area (Å²) in [4.78, 5) is 15.5. The fourth-order valence-corrected chi connectivity index (χ4v) is 3.10. The molecule has 2 heterocycles. The first kappa shape index (κ1) is 18.0. The molecule has 1 aliphatic heterocycles. The Morgan fingerprint density at radius 2 is 2.04 bits per heavy atom. The third-order valence-corrected chi connectivity index (χ3v) is 4.40. The Hall–Kier alpha value is -2.76. The highest BCUT2D eigenvalue weighted by Crippen LogP contribution is 2.44. The van der Waals surface area contributed by atoms with Crippen LogP contribution >= 0.6 is 0 Å².